The second-order valence-corrected chi connectivity index (χ2v) is 22.9. The van der Waals surface area contributed by atoms with Gasteiger partial charge in [0.25, 0.3) is 0 Å². The van der Waals surface area contributed by atoms with Crippen LogP contribution in [-0.4, -0.2) is 82.9 Å². The average Bonchev–Trinajstić information content (AvgIpc) is 3.30. The Kier molecular flexibility index (Phi) is 15.9. The van der Waals surface area contributed by atoms with Gasteiger partial charge in [-0.3, -0.25) is 4.79 Å². The van der Waals surface area contributed by atoms with E-state index in [9.17, 15) is 4.79 Å². The molecule has 2 aliphatic rings. The summed E-state index contributed by atoms with van der Waals surface area (Å²) in [6.07, 6.45) is 0. The van der Waals surface area contributed by atoms with Gasteiger partial charge in [0.15, 0.2) is 33.0 Å². The van der Waals surface area contributed by atoms with Crippen LogP contribution in [0.25, 0.3) is 0 Å². The molecule has 65 heavy (non-hydrogen) atoms. The summed E-state index contributed by atoms with van der Waals surface area (Å²) in [6.45, 7) is 17.0. The fraction of sp³-hybridized carbons (Fsp3) is 0.404. The minimum absolute atomic E-state index is 0.0163. The van der Waals surface area contributed by atoms with E-state index in [1.54, 1.807) is 46.6 Å². The van der Waals surface area contributed by atoms with Crippen molar-refractivity contribution in [3.8, 4) is 40.2 Å². The van der Waals surface area contributed by atoms with Crippen LogP contribution in [0.15, 0.2) is 109 Å². The Hall–Kier alpha value is -5.57. The van der Waals surface area contributed by atoms with Gasteiger partial charge in [-0.2, -0.15) is 0 Å². The van der Waals surface area contributed by atoms with Crippen molar-refractivity contribution in [1.82, 2.24) is 0 Å². The summed E-state index contributed by atoms with van der Waals surface area (Å²) in [7, 11) is 4.41. The Balaban J connectivity index is 0.000000233. The fourth-order valence-electron chi connectivity index (χ4n) is 7.65. The number of benzene rings is 5. The van der Waals surface area contributed by atoms with Gasteiger partial charge in [0.2, 0.25) is 8.32 Å². The molecule has 1 unspecified atom stereocenters. The Labute approximate surface area is 385 Å². The molecule has 2 aliphatic heterocycles. The van der Waals surface area contributed by atoms with Crippen LogP contribution < -0.4 is 32.8 Å². The number of carbonyl (C=O) groups is 1. The highest BCUT2D eigenvalue weighted by Gasteiger charge is 2.45. The van der Waals surface area contributed by atoms with Gasteiger partial charge in [-0.15, -0.1) is 0 Å². The molecule has 0 aromatic heterocycles. The van der Waals surface area contributed by atoms with Crippen LogP contribution in [-0.2, 0) is 29.8 Å². The molecule has 0 N–H and O–H groups in total. The summed E-state index contributed by atoms with van der Waals surface area (Å²) in [5, 5.41) is 0.131. The standard InChI is InChI=1S/C32H42O6Si.C20H22O6/c1-31(2,3)39(7,8)38-26-13-9-23(10-14-26)30-28-18-17-27(37-22-34-6)19-29(28)35-20-32(30,4)24-11-15-25(16-12-24)36-21-33-5;1-20(14-4-6-15(7-5-14)25-12-22-2)11-24-18-10-16(26-13-23-3)8-9-17(18)19(20)21/h9-19,30H,20-22H2,1-8H3;4-10H,11-13H2,1-3H3/t30-,32-;/m1./s1. The van der Waals surface area contributed by atoms with Crippen LogP contribution in [0.5, 0.6) is 40.2 Å². The summed E-state index contributed by atoms with van der Waals surface area (Å²) in [5.74, 6) is 5.11. The van der Waals surface area contributed by atoms with E-state index in [2.05, 4.69) is 83.3 Å². The number of ether oxygens (including phenoxy) is 10. The molecule has 0 aliphatic carbocycles. The van der Waals surface area contributed by atoms with Crippen LogP contribution in [0.3, 0.4) is 0 Å². The maximum absolute atomic E-state index is 13.1. The summed E-state index contributed by atoms with van der Waals surface area (Å²) in [6, 6.07) is 35.5. The van der Waals surface area contributed by atoms with Crippen LogP contribution in [0.1, 0.15) is 73.1 Å². The van der Waals surface area contributed by atoms with Crippen molar-refractivity contribution in [3.63, 3.8) is 0 Å². The van der Waals surface area contributed by atoms with E-state index in [1.807, 2.05) is 55.5 Å². The average molecular weight is 909 g/mol. The first-order chi connectivity index (χ1) is 31.1. The minimum Gasteiger partial charge on any atom is -0.544 e. The number of fused-ring (bicyclic) bond motifs is 2. The van der Waals surface area contributed by atoms with Crippen LogP contribution in [0.2, 0.25) is 18.1 Å². The van der Waals surface area contributed by atoms with E-state index in [0.29, 0.717) is 29.4 Å². The van der Waals surface area contributed by atoms with Crippen molar-refractivity contribution in [1.29, 1.82) is 0 Å². The smallest absolute Gasteiger partial charge is 0.250 e. The molecule has 7 rings (SSSR count). The van der Waals surface area contributed by atoms with Gasteiger partial charge in [0.1, 0.15) is 46.9 Å². The zero-order valence-electron chi connectivity index (χ0n) is 39.6. The first kappa shape index (κ1) is 48.9. The molecule has 0 bridgehead atoms. The maximum Gasteiger partial charge on any atom is 0.250 e. The normalized spacial score (nSPS) is 19.0. The predicted octanol–water partition coefficient (Wildman–Crippen LogP) is 10.7. The van der Waals surface area contributed by atoms with Crippen molar-refractivity contribution in [2.24, 2.45) is 0 Å². The monoisotopic (exact) mass is 908 g/mol. The second kappa shape index (κ2) is 21.2. The van der Waals surface area contributed by atoms with Gasteiger partial charge in [-0.1, -0.05) is 70.2 Å². The molecular formula is C52H64O12Si. The van der Waals surface area contributed by atoms with Gasteiger partial charge in [-0.05, 0) is 96.3 Å². The molecule has 0 fully saturated rings. The van der Waals surface area contributed by atoms with Crippen LogP contribution >= 0.6 is 0 Å². The van der Waals surface area contributed by atoms with Gasteiger partial charge >= 0.3 is 0 Å². The maximum atomic E-state index is 13.1. The first-order valence-electron chi connectivity index (χ1n) is 21.6. The number of methoxy groups -OCH3 is 4. The molecule has 0 amide bonds. The number of hydrogen-bond acceptors (Lipinski definition) is 12. The van der Waals surface area contributed by atoms with E-state index < -0.39 is 13.7 Å². The number of hydrogen-bond donors (Lipinski definition) is 0. The quantitative estimate of drug-likeness (QED) is 0.0653. The largest absolute Gasteiger partial charge is 0.544 e. The van der Waals surface area contributed by atoms with Crippen molar-refractivity contribution in [2.45, 2.75) is 69.5 Å². The van der Waals surface area contributed by atoms with E-state index in [0.717, 1.165) is 34.1 Å². The Morgan fingerprint density at radius 1 is 0.569 bits per heavy atom. The summed E-state index contributed by atoms with van der Waals surface area (Å²) < 4.78 is 60.9. The predicted molar refractivity (Wildman–Crippen MR) is 252 cm³/mol. The number of ketones is 1. The molecule has 0 saturated heterocycles. The third-order valence-corrected chi connectivity index (χ3v) is 16.8. The molecule has 13 heteroatoms. The van der Waals surface area contributed by atoms with Gasteiger partial charge in [-0.25, -0.2) is 0 Å². The third-order valence-electron chi connectivity index (χ3n) is 12.4. The molecule has 0 radical (unpaired) electrons. The second-order valence-electron chi connectivity index (χ2n) is 18.1. The molecule has 348 valence electrons. The lowest BCUT2D eigenvalue weighted by atomic mass is 9.65. The van der Waals surface area contributed by atoms with Crippen molar-refractivity contribution in [3.05, 3.63) is 137 Å². The zero-order valence-corrected chi connectivity index (χ0v) is 40.6. The van der Waals surface area contributed by atoms with Gasteiger partial charge in [0.05, 0.1) is 17.6 Å². The van der Waals surface area contributed by atoms with Crippen molar-refractivity contribution < 1.29 is 56.6 Å². The number of Topliss-reactive ketones (excluding diaryl/α,β-unsaturated/α-hetero) is 1. The Bertz CT molecular complexity index is 2330. The van der Waals surface area contributed by atoms with Gasteiger partial charge in [0, 0.05) is 57.5 Å². The molecule has 12 nitrogen and oxygen atoms in total. The lowest BCUT2D eigenvalue weighted by Gasteiger charge is -2.43. The number of carbonyl (C=O) groups excluding carboxylic acids is 1. The van der Waals surface area contributed by atoms with Crippen molar-refractivity contribution in [2.75, 3.05) is 68.8 Å². The first-order valence-corrected chi connectivity index (χ1v) is 24.5. The zero-order chi connectivity index (χ0) is 46.8. The Morgan fingerprint density at radius 3 is 1.54 bits per heavy atom. The molecule has 2 heterocycles. The summed E-state index contributed by atoms with van der Waals surface area (Å²) in [5.41, 5.74) is 3.82. The van der Waals surface area contributed by atoms with E-state index in [1.165, 1.54) is 11.1 Å². The number of rotatable bonds is 17. The highest BCUT2D eigenvalue weighted by atomic mass is 28.4. The third kappa shape index (κ3) is 11.3. The van der Waals surface area contributed by atoms with Crippen molar-refractivity contribution >= 4 is 14.1 Å². The minimum atomic E-state index is -1.94. The SMILES string of the molecule is COCOc1ccc(C2(C)COc3cc(OCOC)ccc3C2=O)cc1.COCOc1ccc([C@@]2(C)COc3cc(OCOC)ccc3[C@H]2c2ccc(O[Si](C)(C)C(C)(C)C)cc2)cc1. The van der Waals surface area contributed by atoms with Gasteiger partial charge < -0.3 is 51.8 Å². The topological polar surface area (TPSA) is 119 Å². The van der Waals surface area contributed by atoms with E-state index in [-0.39, 0.29) is 55.9 Å². The molecule has 0 saturated carbocycles. The summed E-state index contributed by atoms with van der Waals surface area (Å²) >= 11 is 0. The molecule has 5 aromatic carbocycles. The molecule has 0 spiro atoms. The molecular weight excluding hydrogens is 845 g/mol. The van der Waals surface area contributed by atoms with Crippen LogP contribution in [0, 0.1) is 0 Å². The van der Waals surface area contributed by atoms with E-state index >= 15 is 0 Å². The molecule has 3 atom stereocenters. The lowest BCUT2D eigenvalue weighted by Crippen LogP contribution is -2.43. The highest BCUT2D eigenvalue weighted by Crippen LogP contribution is 2.51. The van der Waals surface area contributed by atoms with Crippen LogP contribution in [0.4, 0.5) is 0 Å². The Morgan fingerprint density at radius 2 is 1.02 bits per heavy atom. The lowest BCUT2D eigenvalue weighted by molar-refractivity contribution is 0.0504. The highest BCUT2D eigenvalue weighted by molar-refractivity contribution is 6.74. The fourth-order valence-corrected chi connectivity index (χ4v) is 8.68. The van der Waals surface area contributed by atoms with E-state index in [4.69, 9.17) is 51.8 Å². The molecule has 5 aromatic rings. The summed E-state index contributed by atoms with van der Waals surface area (Å²) in [4.78, 5) is 13.1.